The topological polar surface area (TPSA) is 198 Å². The zero-order valence-corrected chi connectivity index (χ0v) is 28.5. The number of hydrogen-bond acceptors (Lipinski definition) is 10. The van der Waals surface area contributed by atoms with E-state index >= 15 is 0 Å². The van der Waals surface area contributed by atoms with E-state index in [1.165, 1.54) is 42.6 Å². The second kappa shape index (κ2) is 13.4. The monoisotopic (exact) mass is 712 g/mol. The third kappa shape index (κ3) is 6.55. The van der Waals surface area contributed by atoms with Gasteiger partial charge in [-0.2, -0.15) is 0 Å². The number of thioether (sulfide) groups is 1. The Labute approximate surface area is 294 Å². The summed E-state index contributed by atoms with van der Waals surface area (Å²) >= 11 is 1.25. The van der Waals surface area contributed by atoms with E-state index in [-0.39, 0.29) is 17.2 Å². The maximum absolute atomic E-state index is 13.6. The lowest BCUT2D eigenvalue weighted by Gasteiger charge is -2.44. The predicted octanol–water partition coefficient (Wildman–Crippen LogP) is 3.27. The van der Waals surface area contributed by atoms with E-state index in [4.69, 9.17) is 9.47 Å². The van der Waals surface area contributed by atoms with Crippen molar-refractivity contribution in [2.45, 2.75) is 55.9 Å². The van der Waals surface area contributed by atoms with Crippen LogP contribution >= 0.6 is 11.8 Å². The van der Waals surface area contributed by atoms with Gasteiger partial charge in [-0.3, -0.25) is 28.8 Å². The average molecular weight is 713 g/mol. The van der Waals surface area contributed by atoms with E-state index in [1.54, 1.807) is 74.5 Å². The summed E-state index contributed by atoms with van der Waals surface area (Å²) in [6.45, 7) is 5.81. The molecular weight excluding hydrogens is 680 g/mol. The van der Waals surface area contributed by atoms with Crippen LogP contribution in [-0.2, 0) is 33.6 Å². The number of nitrogens with one attached hydrogen (secondary N) is 3. The lowest BCUT2D eigenvalue weighted by atomic mass is 9.95. The van der Waals surface area contributed by atoms with E-state index < -0.39 is 69.8 Å². The first-order chi connectivity index (χ1) is 24.2. The minimum Gasteiger partial charge on any atom is -0.480 e. The van der Waals surface area contributed by atoms with Crippen LogP contribution in [0.1, 0.15) is 39.3 Å². The molecule has 0 bridgehead atoms. The van der Waals surface area contributed by atoms with Crippen LogP contribution in [-0.4, -0.2) is 73.7 Å². The highest BCUT2D eigenvalue weighted by Gasteiger charge is 2.64. The van der Waals surface area contributed by atoms with E-state index in [2.05, 4.69) is 16.0 Å². The molecule has 2 heterocycles. The summed E-state index contributed by atoms with van der Waals surface area (Å²) in [4.78, 5) is 90.5. The SMILES string of the molecule is CC(=O)Oc1c(OC(C)=O)c2cc(NC(=O)C(=O)NC(C(=O)N[C@@H]3C(=O)N4[C@@H]3SC(C)(C)[C@@H]4C(=O)O)c3ccccc3)ccc2c2ccccc12. The Hall–Kier alpha value is -5.96. The van der Waals surface area contributed by atoms with E-state index in [9.17, 15) is 38.7 Å². The molecule has 0 spiro atoms. The Morgan fingerprint density at radius 3 is 2.02 bits per heavy atom. The van der Waals surface area contributed by atoms with Gasteiger partial charge in [-0.05, 0) is 42.3 Å². The Kier molecular flexibility index (Phi) is 9.16. The summed E-state index contributed by atoms with van der Waals surface area (Å²) in [7, 11) is 0. The van der Waals surface area contributed by atoms with Gasteiger partial charge in [0.2, 0.25) is 11.8 Å². The number of hydrogen-bond donors (Lipinski definition) is 4. The van der Waals surface area contributed by atoms with Gasteiger partial charge in [0.1, 0.15) is 23.5 Å². The Morgan fingerprint density at radius 2 is 1.39 bits per heavy atom. The molecule has 0 aromatic heterocycles. The van der Waals surface area contributed by atoms with Crippen LogP contribution in [0.15, 0.2) is 72.8 Å². The number of β-lactam (4-membered cyclic amide) rings is 1. The molecule has 2 saturated heterocycles. The first kappa shape index (κ1) is 34.9. The van der Waals surface area contributed by atoms with Crippen molar-refractivity contribution in [2.75, 3.05) is 5.32 Å². The molecule has 1 unspecified atom stereocenters. The maximum Gasteiger partial charge on any atom is 0.327 e. The number of aliphatic carboxylic acids is 1. The molecule has 2 fully saturated rings. The lowest BCUT2D eigenvalue weighted by Crippen LogP contribution is -2.71. The highest BCUT2D eigenvalue weighted by molar-refractivity contribution is 8.01. The van der Waals surface area contributed by atoms with Crippen molar-refractivity contribution >= 4 is 80.5 Å². The highest BCUT2D eigenvalue weighted by atomic mass is 32.2. The molecule has 0 saturated carbocycles. The number of carbonyl (C=O) groups is 7. The van der Waals surface area contributed by atoms with Gasteiger partial charge in [0.15, 0.2) is 11.5 Å². The molecule has 4 amide bonds. The summed E-state index contributed by atoms with van der Waals surface area (Å²) in [6, 6.07) is 16.2. The number of ether oxygens (including phenoxy) is 2. The summed E-state index contributed by atoms with van der Waals surface area (Å²) in [5, 5.41) is 18.7. The van der Waals surface area contributed by atoms with E-state index in [0.29, 0.717) is 27.1 Å². The molecule has 0 radical (unpaired) electrons. The molecule has 14 nitrogen and oxygen atoms in total. The normalized spacial score (nSPS) is 19.3. The van der Waals surface area contributed by atoms with E-state index in [1.807, 2.05) is 0 Å². The molecule has 262 valence electrons. The Morgan fingerprint density at radius 1 is 0.804 bits per heavy atom. The quantitative estimate of drug-likeness (QED) is 0.0688. The molecule has 2 aliphatic rings. The second-order valence-corrected chi connectivity index (χ2v) is 14.3. The molecule has 15 heteroatoms. The van der Waals surface area contributed by atoms with Crippen molar-refractivity contribution in [3.8, 4) is 11.5 Å². The first-order valence-electron chi connectivity index (χ1n) is 15.7. The van der Waals surface area contributed by atoms with Crippen LogP contribution in [0, 0.1) is 0 Å². The van der Waals surface area contributed by atoms with Crippen molar-refractivity contribution in [1.29, 1.82) is 0 Å². The predicted molar refractivity (Wildman–Crippen MR) is 186 cm³/mol. The van der Waals surface area contributed by atoms with Gasteiger partial charge in [0, 0.05) is 35.1 Å². The standard InChI is InChI=1S/C36H32N4O10S/c1-17(41)49-27-23-13-9-8-12-21(23)22-15-14-20(16-24(22)28(27)50-18(2)42)37-31(44)32(45)38-25(19-10-6-5-7-11-19)30(43)39-26-33(46)40-29(35(47)48)36(3,4)51-34(26)40/h5-16,25-26,29,34H,1-4H3,(H,37,44)(H,38,45)(H,39,43)(H,47,48)/t25?,26-,29+,34-/m1/s1. The van der Waals surface area contributed by atoms with Gasteiger partial charge in [-0.25, -0.2) is 4.79 Å². The number of amides is 4. The molecule has 4 aromatic carbocycles. The molecule has 4 atom stereocenters. The summed E-state index contributed by atoms with van der Waals surface area (Å²) in [6.07, 6.45) is 0. The molecule has 4 aromatic rings. The van der Waals surface area contributed by atoms with Crippen molar-refractivity contribution < 1.29 is 48.1 Å². The molecule has 2 aliphatic heterocycles. The first-order valence-corrected chi connectivity index (χ1v) is 16.6. The number of carboxylic acid groups (broad SMARTS) is 1. The van der Waals surface area contributed by atoms with Crippen LogP contribution < -0.4 is 25.4 Å². The van der Waals surface area contributed by atoms with Gasteiger partial charge in [0.05, 0.1) is 0 Å². The van der Waals surface area contributed by atoms with Crippen molar-refractivity contribution in [3.05, 3.63) is 78.4 Å². The van der Waals surface area contributed by atoms with Crippen LogP contribution in [0.25, 0.3) is 21.5 Å². The number of carboxylic acids is 1. The summed E-state index contributed by atoms with van der Waals surface area (Å²) in [5.74, 6) is -6.21. The lowest BCUT2D eigenvalue weighted by molar-refractivity contribution is -0.161. The minimum atomic E-state index is -1.40. The zero-order valence-electron chi connectivity index (χ0n) is 27.7. The third-order valence-corrected chi connectivity index (χ3v) is 10.1. The van der Waals surface area contributed by atoms with Crippen molar-refractivity contribution in [2.24, 2.45) is 0 Å². The van der Waals surface area contributed by atoms with Crippen molar-refractivity contribution in [3.63, 3.8) is 0 Å². The zero-order chi connectivity index (χ0) is 36.8. The molecule has 4 N–H and O–H groups in total. The number of fused-ring (bicyclic) bond motifs is 4. The molecule has 0 aliphatic carbocycles. The van der Waals surface area contributed by atoms with Crippen molar-refractivity contribution in [1.82, 2.24) is 15.5 Å². The third-order valence-electron chi connectivity index (χ3n) is 8.53. The van der Waals surface area contributed by atoms with Gasteiger partial charge in [-0.15, -0.1) is 11.8 Å². The van der Waals surface area contributed by atoms with Gasteiger partial charge in [0.25, 0.3) is 0 Å². The van der Waals surface area contributed by atoms with Crippen LogP contribution in [0.4, 0.5) is 5.69 Å². The summed E-state index contributed by atoms with van der Waals surface area (Å²) in [5.41, 5.74) is 0.444. The Balaban J connectivity index is 1.25. The number of esters is 2. The average Bonchev–Trinajstić information content (AvgIpc) is 3.34. The van der Waals surface area contributed by atoms with E-state index in [0.717, 1.165) is 0 Å². The van der Waals surface area contributed by atoms with Crippen LogP contribution in [0.2, 0.25) is 0 Å². The van der Waals surface area contributed by atoms with Crippen LogP contribution in [0.3, 0.4) is 0 Å². The number of rotatable bonds is 8. The highest BCUT2D eigenvalue weighted by Crippen LogP contribution is 2.51. The molecular formula is C36H32N4O10S. The fourth-order valence-corrected chi connectivity index (χ4v) is 8.03. The smallest absolute Gasteiger partial charge is 0.327 e. The van der Waals surface area contributed by atoms with Crippen LogP contribution in [0.5, 0.6) is 11.5 Å². The number of carbonyl (C=O) groups excluding carboxylic acids is 6. The largest absolute Gasteiger partial charge is 0.480 e. The molecule has 51 heavy (non-hydrogen) atoms. The fraction of sp³-hybridized carbons (Fsp3) is 0.250. The summed E-state index contributed by atoms with van der Waals surface area (Å²) < 4.78 is 10.2. The fourth-order valence-electron chi connectivity index (χ4n) is 6.41. The minimum absolute atomic E-state index is 0.00449. The number of nitrogens with zero attached hydrogens (tertiary/aromatic N) is 1. The number of benzene rings is 4. The maximum atomic E-state index is 13.6. The molecule has 6 rings (SSSR count). The van der Waals surface area contributed by atoms with Gasteiger partial charge in [-0.1, -0.05) is 60.7 Å². The Bertz CT molecular complexity index is 2150. The van der Waals surface area contributed by atoms with Gasteiger partial charge >= 0.3 is 29.7 Å². The second-order valence-electron chi connectivity index (χ2n) is 12.5. The number of anilines is 1. The van der Waals surface area contributed by atoms with Gasteiger partial charge < -0.3 is 35.4 Å².